The van der Waals surface area contributed by atoms with Crippen molar-refractivity contribution in [2.45, 2.75) is 19.8 Å². The summed E-state index contributed by atoms with van der Waals surface area (Å²) in [6.45, 7) is 5.10. The van der Waals surface area contributed by atoms with Crippen molar-refractivity contribution in [3.63, 3.8) is 0 Å². The number of carbonyl (C=O) groups excluding carboxylic acids is 1. The van der Waals surface area contributed by atoms with Gasteiger partial charge in [-0.3, -0.25) is 4.79 Å². The molecule has 1 aromatic rings. The normalized spacial score (nSPS) is 10.7. The minimum Gasteiger partial charge on any atom is -0.384 e. The van der Waals surface area contributed by atoms with Crippen molar-refractivity contribution in [1.82, 2.24) is 9.88 Å². The lowest BCUT2D eigenvalue weighted by atomic mass is 10.1. The minimum atomic E-state index is -0.0666. The van der Waals surface area contributed by atoms with Gasteiger partial charge in [0, 0.05) is 32.0 Å². The van der Waals surface area contributed by atoms with Crippen LogP contribution in [0.1, 0.15) is 35.8 Å². The fourth-order valence-electron chi connectivity index (χ4n) is 1.54. The largest absolute Gasteiger partial charge is 0.384 e. The molecule has 100 valence electrons. The lowest BCUT2D eigenvalue weighted by Crippen LogP contribution is -2.30. The quantitative estimate of drug-likeness (QED) is 0.861. The monoisotopic (exact) mass is 251 g/mol. The number of hydrogen-bond acceptors (Lipinski definition) is 4. The summed E-state index contributed by atoms with van der Waals surface area (Å²) >= 11 is 0. The first-order chi connectivity index (χ1) is 8.45. The molecule has 18 heavy (non-hydrogen) atoms. The molecule has 0 atom stereocenters. The average molecular weight is 251 g/mol. The number of ether oxygens (including phenoxy) is 1. The Bertz CT molecular complexity index is 419. The number of likely N-dealkylation sites (N-methyl/N-ethyl adjacent to an activating group) is 1. The first-order valence-electron chi connectivity index (χ1n) is 5.97. The second kappa shape index (κ2) is 6.35. The predicted octanol–water partition coefficient (Wildman–Crippen LogP) is 1.51. The van der Waals surface area contributed by atoms with Gasteiger partial charge in [-0.05, 0) is 18.1 Å². The molecule has 0 saturated carbocycles. The van der Waals surface area contributed by atoms with Crippen LogP contribution in [0.15, 0.2) is 12.1 Å². The smallest absolute Gasteiger partial charge is 0.253 e. The zero-order chi connectivity index (χ0) is 13.7. The lowest BCUT2D eigenvalue weighted by molar-refractivity contribution is 0.0744. The molecule has 5 heteroatoms. The van der Waals surface area contributed by atoms with Gasteiger partial charge < -0.3 is 15.4 Å². The minimum absolute atomic E-state index is 0.0666. The molecular formula is C13H21N3O2. The molecule has 0 fully saturated rings. The summed E-state index contributed by atoms with van der Waals surface area (Å²) in [5.41, 5.74) is 7.13. The van der Waals surface area contributed by atoms with Gasteiger partial charge in [0.15, 0.2) is 0 Å². The third kappa shape index (κ3) is 3.70. The van der Waals surface area contributed by atoms with Crippen LogP contribution >= 0.6 is 0 Å². The molecule has 1 aromatic heterocycles. The van der Waals surface area contributed by atoms with E-state index in [0.717, 1.165) is 5.69 Å². The summed E-state index contributed by atoms with van der Waals surface area (Å²) in [5, 5.41) is 0. The number of pyridine rings is 1. The molecule has 1 amide bonds. The highest BCUT2D eigenvalue weighted by Gasteiger charge is 2.14. The van der Waals surface area contributed by atoms with Crippen molar-refractivity contribution in [1.29, 1.82) is 0 Å². The van der Waals surface area contributed by atoms with Crippen LogP contribution in [-0.2, 0) is 4.74 Å². The van der Waals surface area contributed by atoms with Gasteiger partial charge >= 0.3 is 0 Å². The third-order valence-corrected chi connectivity index (χ3v) is 2.68. The number of nitrogen functional groups attached to an aromatic ring is 1. The molecule has 1 rings (SSSR count). The zero-order valence-electron chi connectivity index (χ0n) is 11.4. The lowest BCUT2D eigenvalue weighted by Gasteiger charge is -2.17. The van der Waals surface area contributed by atoms with Crippen LogP contribution < -0.4 is 5.73 Å². The fourth-order valence-corrected chi connectivity index (χ4v) is 1.54. The van der Waals surface area contributed by atoms with E-state index in [0.29, 0.717) is 24.5 Å². The molecule has 0 aliphatic rings. The van der Waals surface area contributed by atoms with E-state index in [-0.39, 0.29) is 11.8 Å². The van der Waals surface area contributed by atoms with Gasteiger partial charge in [-0.1, -0.05) is 13.8 Å². The highest BCUT2D eigenvalue weighted by Crippen LogP contribution is 2.17. The Balaban J connectivity index is 2.91. The van der Waals surface area contributed by atoms with E-state index in [1.165, 1.54) is 0 Å². The standard InChI is InChI=1S/C13H21N3O2/c1-9(2)11-7-10(8-12(14)15-11)13(17)16(3)5-6-18-4/h7-9H,5-6H2,1-4H3,(H2,14,15). The number of methoxy groups -OCH3 is 1. The van der Waals surface area contributed by atoms with Crippen molar-refractivity contribution in [3.8, 4) is 0 Å². The van der Waals surface area contributed by atoms with Gasteiger partial charge in [0.1, 0.15) is 5.82 Å². The second-order valence-corrected chi connectivity index (χ2v) is 4.58. The maximum Gasteiger partial charge on any atom is 0.253 e. The van der Waals surface area contributed by atoms with Crippen LogP contribution in [-0.4, -0.2) is 43.1 Å². The Morgan fingerprint density at radius 3 is 2.72 bits per heavy atom. The van der Waals surface area contributed by atoms with Crippen molar-refractivity contribution < 1.29 is 9.53 Å². The number of hydrogen-bond donors (Lipinski definition) is 1. The van der Waals surface area contributed by atoms with E-state index in [1.807, 2.05) is 13.8 Å². The summed E-state index contributed by atoms with van der Waals surface area (Å²) in [7, 11) is 3.35. The van der Waals surface area contributed by atoms with Crippen LogP contribution in [0.4, 0.5) is 5.82 Å². The molecule has 5 nitrogen and oxygen atoms in total. The van der Waals surface area contributed by atoms with Crippen LogP contribution in [0.5, 0.6) is 0 Å². The first-order valence-corrected chi connectivity index (χ1v) is 5.97. The van der Waals surface area contributed by atoms with E-state index < -0.39 is 0 Å². The zero-order valence-corrected chi connectivity index (χ0v) is 11.4. The number of carbonyl (C=O) groups is 1. The van der Waals surface area contributed by atoms with E-state index in [1.54, 1.807) is 31.2 Å². The molecule has 0 spiro atoms. The summed E-state index contributed by atoms with van der Waals surface area (Å²) < 4.78 is 4.95. The van der Waals surface area contributed by atoms with Gasteiger partial charge in [0.25, 0.3) is 5.91 Å². The van der Waals surface area contributed by atoms with Gasteiger partial charge in [-0.2, -0.15) is 0 Å². The summed E-state index contributed by atoms with van der Waals surface area (Å²) in [6, 6.07) is 3.41. The highest BCUT2D eigenvalue weighted by atomic mass is 16.5. The Kier molecular flexibility index (Phi) is 5.09. The van der Waals surface area contributed by atoms with Crippen LogP contribution in [0.25, 0.3) is 0 Å². The molecular weight excluding hydrogens is 230 g/mol. The van der Waals surface area contributed by atoms with E-state index in [4.69, 9.17) is 10.5 Å². The number of amides is 1. The van der Waals surface area contributed by atoms with E-state index >= 15 is 0 Å². The third-order valence-electron chi connectivity index (χ3n) is 2.68. The Morgan fingerprint density at radius 1 is 1.50 bits per heavy atom. The summed E-state index contributed by atoms with van der Waals surface area (Å²) in [4.78, 5) is 18.0. The van der Waals surface area contributed by atoms with Gasteiger partial charge in [0.2, 0.25) is 0 Å². The molecule has 0 radical (unpaired) electrons. The molecule has 0 bridgehead atoms. The molecule has 1 heterocycles. The Labute approximate surface area is 108 Å². The average Bonchev–Trinajstić information content (AvgIpc) is 2.34. The second-order valence-electron chi connectivity index (χ2n) is 4.58. The highest BCUT2D eigenvalue weighted by molar-refractivity contribution is 5.94. The van der Waals surface area contributed by atoms with Crippen molar-refractivity contribution in [3.05, 3.63) is 23.4 Å². The fraction of sp³-hybridized carbons (Fsp3) is 0.538. The van der Waals surface area contributed by atoms with Crippen LogP contribution in [0.3, 0.4) is 0 Å². The van der Waals surface area contributed by atoms with Crippen molar-refractivity contribution in [2.75, 3.05) is 33.0 Å². The molecule has 0 aliphatic heterocycles. The summed E-state index contributed by atoms with van der Waals surface area (Å²) in [6.07, 6.45) is 0. The number of rotatable bonds is 5. The SMILES string of the molecule is COCCN(C)C(=O)c1cc(N)nc(C(C)C)c1. The number of nitrogens with two attached hydrogens (primary N) is 1. The maximum atomic E-state index is 12.2. The van der Waals surface area contributed by atoms with E-state index in [2.05, 4.69) is 4.98 Å². The molecule has 0 unspecified atom stereocenters. The van der Waals surface area contributed by atoms with Gasteiger partial charge in [-0.15, -0.1) is 0 Å². The Hall–Kier alpha value is -1.62. The number of anilines is 1. The van der Waals surface area contributed by atoms with E-state index in [9.17, 15) is 4.79 Å². The maximum absolute atomic E-state index is 12.2. The van der Waals surface area contributed by atoms with Gasteiger partial charge in [0.05, 0.1) is 6.61 Å². The molecule has 0 aliphatic carbocycles. The first kappa shape index (κ1) is 14.4. The van der Waals surface area contributed by atoms with Crippen molar-refractivity contribution >= 4 is 11.7 Å². The van der Waals surface area contributed by atoms with Gasteiger partial charge in [-0.25, -0.2) is 4.98 Å². The van der Waals surface area contributed by atoms with Crippen LogP contribution in [0, 0.1) is 0 Å². The number of aromatic nitrogens is 1. The predicted molar refractivity (Wildman–Crippen MR) is 71.6 cm³/mol. The summed E-state index contributed by atoms with van der Waals surface area (Å²) in [5.74, 6) is 0.553. The molecule has 2 N–H and O–H groups in total. The van der Waals surface area contributed by atoms with Crippen molar-refractivity contribution in [2.24, 2.45) is 0 Å². The molecule has 0 aromatic carbocycles. The Morgan fingerprint density at radius 2 is 2.17 bits per heavy atom. The number of nitrogens with zero attached hydrogens (tertiary/aromatic N) is 2. The molecule has 0 saturated heterocycles. The topological polar surface area (TPSA) is 68.5 Å². The van der Waals surface area contributed by atoms with Crippen LogP contribution in [0.2, 0.25) is 0 Å².